The Bertz CT molecular complexity index is 298. The van der Waals surface area contributed by atoms with E-state index in [0.29, 0.717) is 12.1 Å². The van der Waals surface area contributed by atoms with Gasteiger partial charge in [0.25, 0.3) is 0 Å². The van der Waals surface area contributed by atoms with E-state index in [1.165, 1.54) is 19.3 Å². The molecule has 1 saturated heterocycles. The molecule has 2 N–H and O–H groups in total. The monoisotopic (exact) mass is 237 g/mol. The molecule has 96 valence electrons. The van der Waals surface area contributed by atoms with Crippen LogP contribution in [0.4, 0.5) is 0 Å². The molecule has 0 radical (unpaired) electrons. The predicted octanol–water partition coefficient (Wildman–Crippen LogP) is 1.26. The Balaban J connectivity index is 1.77. The molecule has 1 saturated carbocycles. The molecule has 0 aromatic heterocycles. The van der Waals surface area contributed by atoms with Crippen molar-refractivity contribution in [3.8, 4) is 6.07 Å². The Morgan fingerprint density at radius 2 is 2.35 bits per heavy atom. The SMILES string of the molecule is CC(N)(C#N)CCCN1CCOC2CCCC21. The smallest absolute Gasteiger partial charge is 0.101 e. The Kier molecular flexibility index (Phi) is 4.03. The molecular weight excluding hydrogens is 214 g/mol. The van der Waals surface area contributed by atoms with Crippen LogP contribution in [0, 0.1) is 11.3 Å². The second-order valence-electron chi connectivity index (χ2n) is 5.58. The molecule has 0 spiro atoms. The molecule has 0 amide bonds. The van der Waals surface area contributed by atoms with Crippen LogP contribution in [0.3, 0.4) is 0 Å². The summed E-state index contributed by atoms with van der Waals surface area (Å²) >= 11 is 0. The van der Waals surface area contributed by atoms with Gasteiger partial charge in [-0.25, -0.2) is 0 Å². The summed E-state index contributed by atoms with van der Waals surface area (Å²) in [7, 11) is 0. The number of nitriles is 1. The number of hydrogen-bond acceptors (Lipinski definition) is 4. The summed E-state index contributed by atoms with van der Waals surface area (Å²) in [6.45, 7) is 4.76. The third-order valence-electron chi connectivity index (χ3n) is 3.99. The normalized spacial score (nSPS) is 32.8. The van der Waals surface area contributed by atoms with Crippen molar-refractivity contribution in [2.24, 2.45) is 5.73 Å². The van der Waals surface area contributed by atoms with Crippen LogP contribution in [0.1, 0.15) is 39.0 Å². The van der Waals surface area contributed by atoms with Crippen LogP contribution in [-0.4, -0.2) is 42.3 Å². The van der Waals surface area contributed by atoms with Gasteiger partial charge in [0.15, 0.2) is 0 Å². The first kappa shape index (κ1) is 12.8. The van der Waals surface area contributed by atoms with Gasteiger partial charge in [-0.05, 0) is 45.6 Å². The van der Waals surface area contributed by atoms with Gasteiger partial charge < -0.3 is 10.5 Å². The molecule has 0 bridgehead atoms. The Morgan fingerprint density at radius 3 is 3.12 bits per heavy atom. The van der Waals surface area contributed by atoms with E-state index >= 15 is 0 Å². The molecule has 1 aliphatic heterocycles. The fourth-order valence-electron chi connectivity index (χ4n) is 2.99. The third-order valence-corrected chi connectivity index (χ3v) is 3.99. The number of fused-ring (bicyclic) bond motifs is 1. The lowest BCUT2D eigenvalue weighted by Gasteiger charge is -2.38. The van der Waals surface area contributed by atoms with Crippen molar-refractivity contribution in [2.75, 3.05) is 19.7 Å². The molecule has 2 rings (SSSR count). The summed E-state index contributed by atoms with van der Waals surface area (Å²) < 4.78 is 5.78. The third kappa shape index (κ3) is 3.19. The highest BCUT2D eigenvalue weighted by Crippen LogP contribution is 2.29. The predicted molar refractivity (Wildman–Crippen MR) is 66.4 cm³/mol. The van der Waals surface area contributed by atoms with Crippen LogP contribution >= 0.6 is 0 Å². The van der Waals surface area contributed by atoms with Crippen molar-refractivity contribution in [3.05, 3.63) is 0 Å². The first-order valence-corrected chi connectivity index (χ1v) is 6.68. The first-order chi connectivity index (χ1) is 8.12. The average Bonchev–Trinajstić information content (AvgIpc) is 2.78. The van der Waals surface area contributed by atoms with Gasteiger partial charge in [0, 0.05) is 12.6 Å². The van der Waals surface area contributed by atoms with Crippen LogP contribution in [0.25, 0.3) is 0 Å². The van der Waals surface area contributed by atoms with E-state index in [0.717, 1.165) is 32.5 Å². The van der Waals surface area contributed by atoms with Gasteiger partial charge in [-0.1, -0.05) is 0 Å². The van der Waals surface area contributed by atoms with E-state index in [2.05, 4.69) is 11.0 Å². The van der Waals surface area contributed by atoms with E-state index in [1.54, 1.807) is 0 Å². The summed E-state index contributed by atoms with van der Waals surface area (Å²) in [5.74, 6) is 0. The zero-order valence-corrected chi connectivity index (χ0v) is 10.7. The van der Waals surface area contributed by atoms with Crippen LogP contribution in [0.2, 0.25) is 0 Å². The Labute approximate surface area is 104 Å². The van der Waals surface area contributed by atoms with Gasteiger partial charge in [0.1, 0.15) is 5.54 Å². The minimum absolute atomic E-state index is 0.462. The van der Waals surface area contributed by atoms with Gasteiger partial charge in [0.05, 0.1) is 18.8 Å². The van der Waals surface area contributed by atoms with E-state index in [1.807, 2.05) is 6.92 Å². The molecule has 0 aromatic carbocycles. The number of morpholine rings is 1. The Morgan fingerprint density at radius 1 is 1.53 bits per heavy atom. The maximum absolute atomic E-state index is 8.87. The van der Waals surface area contributed by atoms with Crippen LogP contribution in [-0.2, 0) is 4.74 Å². The molecular formula is C13H23N3O. The molecule has 0 aromatic rings. The summed E-state index contributed by atoms with van der Waals surface area (Å²) in [5.41, 5.74) is 5.17. The maximum atomic E-state index is 8.87. The summed E-state index contributed by atoms with van der Waals surface area (Å²) in [6.07, 6.45) is 6.02. The van der Waals surface area contributed by atoms with Crippen molar-refractivity contribution in [1.82, 2.24) is 4.90 Å². The zero-order valence-electron chi connectivity index (χ0n) is 10.7. The van der Waals surface area contributed by atoms with Gasteiger partial charge in [-0.2, -0.15) is 5.26 Å². The number of rotatable bonds is 4. The number of ether oxygens (including phenoxy) is 1. The summed E-state index contributed by atoms with van der Waals surface area (Å²) in [4.78, 5) is 2.54. The molecule has 1 aliphatic carbocycles. The average molecular weight is 237 g/mol. The minimum Gasteiger partial charge on any atom is -0.375 e. The molecule has 2 fully saturated rings. The summed E-state index contributed by atoms with van der Waals surface area (Å²) in [6, 6.07) is 2.78. The first-order valence-electron chi connectivity index (χ1n) is 6.68. The van der Waals surface area contributed by atoms with Gasteiger partial charge >= 0.3 is 0 Å². The maximum Gasteiger partial charge on any atom is 0.101 e. The lowest BCUT2D eigenvalue weighted by Crippen LogP contribution is -2.49. The van der Waals surface area contributed by atoms with E-state index < -0.39 is 5.54 Å². The van der Waals surface area contributed by atoms with Crippen molar-refractivity contribution >= 4 is 0 Å². The lowest BCUT2D eigenvalue weighted by molar-refractivity contribution is -0.0560. The fraction of sp³-hybridized carbons (Fsp3) is 0.923. The molecule has 4 nitrogen and oxygen atoms in total. The fourth-order valence-corrected chi connectivity index (χ4v) is 2.99. The lowest BCUT2D eigenvalue weighted by atomic mass is 9.98. The van der Waals surface area contributed by atoms with Gasteiger partial charge in [-0.15, -0.1) is 0 Å². The molecule has 3 atom stereocenters. The van der Waals surface area contributed by atoms with Gasteiger partial charge in [-0.3, -0.25) is 4.90 Å². The summed E-state index contributed by atoms with van der Waals surface area (Å²) in [5, 5.41) is 8.87. The Hall–Kier alpha value is -0.630. The minimum atomic E-state index is -0.665. The molecule has 2 aliphatic rings. The molecule has 3 unspecified atom stereocenters. The number of hydrogen-bond donors (Lipinski definition) is 1. The molecule has 1 heterocycles. The highest BCUT2D eigenvalue weighted by molar-refractivity contribution is 5.00. The van der Waals surface area contributed by atoms with Crippen molar-refractivity contribution < 1.29 is 4.74 Å². The van der Waals surface area contributed by atoms with Crippen molar-refractivity contribution in [2.45, 2.75) is 56.7 Å². The highest BCUT2D eigenvalue weighted by Gasteiger charge is 2.35. The van der Waals surface area contributed by atoms with Crippen molar-refractivity contribution in [1.29, 1.82) is 5.26 Å². The topological polar surface area (TPSA) is 62.3 Å². The number of nitrogens with zero attached hydrogens (tertiary/aromatic N) is 2. The van der Waals surface area contributed by atoms with Crippen molar-refractivity contribution in [3.63, 3.8) is 0 Å². The second kappa shape index (κ2) is 5.34. The van der Waals surface area contributed by atoms with Crippen LogP contribution < -0.4 is 5.73 Å². The highest BCUT2D eigenvalue weighted by atomic mass is 16.5. The largest absolute Gasteiger partial charge is 0.375 e. The van der Waals surface area contributed by atoms with Crippen LogP contribution in [0.5, 0.6) is 0 Å². The molecule has 4 heteroatoms. The zero-order chi connectivity index (χ0) is 12.3. The standard InChI is InChI=1S/C13H23N3O/c1-13(15,10-14)6-3-7-16-8-9-17-12-5-2-4-11(12)16/h11-12H,2-9,15H2,1H3. The quantitative estimate of drug-likeness (QED) is 0.799. The van der Waals surface area contributed by atoms with E-state index in [4.69, 9.17) is 15.7 Å². The van der Waals surface area contributed by atoms with E-state index in [9.17, 15) is 0 Å². The van der Waals surface area contributed by atoms with E-state index in [-0.39, 0.29) is 0 Å². The number of nitrogens with two attached hydrogens (primary N) is 1. The van der Waals surface area contributed by atoms with Gasteiger partial charge in [0.2, 0.25) is 0 Å². The second-order valence-corrected chi connectivity index (χ2v) is 5.58. The molecule has 17 heavy (non-hydrogen) atoms. The van der Waals surface area contributed by atoms with Crippen LogP contribution in [0.15, 0.2) is 0 Å².